The zero-order valence-electron chi connectivity index (χ0n) is 54.5. The molecule has 0 bridgehead atoms. The Hall–Kier alpha value is -7.24. The summed E-state index contributed by atoms with van der Waals surface area (Å²) in [5, 5.41) is 1.19. The zero-order valence-corrected chi connectivity index (χ0v) is 54.5. The van der Waals surface area contributed by atoms with E-state index in [1.165, 1.54) is 112 Å². The molecule has 0 saturated heterocycles. The Morgan fingerprint density at radius 1 is 0.419 bits per heavy atom. The molecule has 8 aromatic carbocycles. The van der Waals surface area contributed by atoms with Crippen LogP contribution in [0.2, 0.25) is 0 Å². The number of hydrogen-bond donors (Lipinski definition) is 0. The van der Waals surface area contributed by atoms with Gasteiger partial charge in [0.25, 0.3) is 6.71 Å². The molecule has 0 saturated carbocycles. The highest BCUT2D eigenvalue weighted by Gasteiger charge is 2.52. The minimum Gasteiger partial charge on any atom is -0.468 e. The standard InChI is InChI=1S/C81H88BN3O/c1-74(2,3)49-31-33-54-58(41-49)81(16,17)57-29-24-30-65(70(54)57)85-66-47-62-61(78(10,11)38-39-79(62,12)13)46-64(66)82-71-67(43-53(44-68(71)85)83(50-25-20-18-21-26-50)51-27-22-19-23-28-51)84(52-32-34-56-59(42-52)76(6,7)36-35-75(56,4)5)72-55-45-60-63(48-69(55)86-73(72)82)80(14,15)40-37-77(60,8)9/h18-34,41-48H,35-40H2,1-17H3. The molecular formula is C81H88BN3O. The maximum absolute atomic E-state index is 7.97. The molecule has 6 aliphatic rings. The van der Waals surface area contributed by atoms with E-state index >= 15 is 0 Å². The van der Waals surface area contributed by atoms with Gasteiger partial charge in [-0.05, 0) is 216 Å². The van der Waals surface area contributed by atoms with E-state index in [9.17, 15) is 0 Å². The Bertz CT molecular complexity index is 4290. The van der Waals surface area contributed by atoms with Crippen LogP contribution in [0.3, 0.4) is 0 Å². The molecule has 0 atom stereocenters. The lowest BCUT2D eigenvalue weighted by Crippen LogP contribution is -2.61. The first-order chi connectivity index (χ1) is 40.5. The molecule has 0 amide bonds. The quantitative estimate of drug-likeness (QED) is 0.160. The third kappa shape index (κ3) is 7.93. The third-order valence-corrected chi connectivity index (χ3v) is 22.8. The molecule has 0 fully saturated rings. The fourth-order valence-electron chi connectivity index (χ4n) is 17.0. The summed E-state index contributed by atoms with van der Waals surface area (Å²) in [6.07, 6.45) is 6.80. The van der Waals surface area contributed by atoms with Crippen molar-refractivity contribution in [2.75, 3.05) is 14.7 Å². The fraction of sp³-hybridized carbons (Fsp3) is 0.383. The summed E-state index contributed by atoms with van der Waals surface area (Å²) in [6, 6.07) is 59.9. The number of para-hydroxylation sites is 2. The van der Waals surface area contributed by atoms with Gasteiger partial charge >= 0.3 is 0 Å². The summed E-state index contributed by atoms with van der Waals surface area (Å²) in [6.45, 7) is 41.4. The molecule has 5 heteroatoms. The van der Waals surface area contributed by atoms with Gasteiger partial charge in [0.2, 0.25) is 0 Å². The molecule has 1 aromatic heterocycles. The second-order valence-corrected chi connectivity index (χ2v) is 32.5. The average Bonchev–Trinajstić information content (AvgIpc) is 1.27. The first kappa shape index (κ1) is 55.4. The van der Waals surface area contributed by atoms with Gasteiger partial charge in [-0.15, -0.1) is 0 Å². The van der Waals surface area contributed by atoms with Gasteiger partial charge in [0.05, 0.1) is 22.7 Å². The van der Waals surface area contributed by atoms with Gasteiger partial charge in [0.15, 0.2) is 0 Å². The van der Waals surface area contributed by atoms with Crippen molar-refractivity contribution in [2.24, 2.45) is 0 Å². The molecule has 15 rings (SSSR count). The van der Waals surface area contributed by atoms with Crippen LogP contribution in [0.5, 0.6) is 0 Å². The molecule has 0 unspecified atom stereocenters. The van der Waals surface area contributed by atoms with Crippen LogP contribution in [0, 0.1) is 0 Å². The summed E-state index contributed by atoms with van der Waals surface area (Å²) in [7, 11) is 0. The van der Waals surface area contributed by atoms with Crippen LogP contribution in [0.15, 0.2) is 156 Å². The Morgan fingerprint density at radius 2 is 0.942 bits per heavy atom. The topological polar surface area (TPSA) is 22.9 Å². The van der Waals surface area contributed by atoms with Crippen LogP contribution < -0.4 is 31.3 Å². The highest BCUT2D eigenvalue weighted by Crippen LogP contribution is 2.60. The number of anilines is 9. The van der Waals surface area contributed by atoms with Crippen molar-refractivity contribution in [1.82, 2.24) is 0 Å². The number of fused-ring (bicyclic) bond motifs is 12. The van der Waals surface area contributed by atoms with E-state index in [0.29, 0.717) is 0 Å². The number of nitrogens with zero attached hydrogens (tertiary/aromatic N) is 3. The van der Waals surface area contributed by atoms with Crippen molar-refractivity contribution in [1.29, 1.82) is 0 Å². The van der Waals surface area contributed by atoms with Gasteiger partial charge in [-0.25, -0.2) is 0 Å². The summed E-state index contributed by atoms with van der Waals surface area (Å²) in [5.74, 6) is 0. The summed E-state index contributed by atoms with van der Waals surface area (Å²) >= 11 is 0. The number of benzene rings is 8. The van der Waals surface area contributed by atoms with Crippen molar-refractivity contribution in [2.45, 2.75) is 200 Å². The molecule has 0 radical (unpaired) electrons. The molecule has 3 heterocycles. The van der Waals surface area contributed by atoms with Gasteiger partial charge in [-0.3, -0.25) is 0 Å². The van der Waals surface area contributed by atoms with Crippen LogP contribution in [0.25, 0.3) is 22.1 Å². The summed E-state index contributed by atoms with van der Waals surface area (Å²) in [4.78, 5) is 7.94. The van der Waals surface area contributed by atoms with E-state index in [1.54, 1.807) is 0 Å². The molecule has 436 valence electrons. The van der Waals surface area contributed by atoms with Crippen molar-refractivity contribution in [3.8, 4) is 11.1 Å². The highest BCUT2D eigenvalue weighted by molar-refractivity contribution is 7.00. The van der Waals surface area contributed by atoms with Crippen molar-refractivity contribution in [3.05, 3.63) is 202 Å². The van der Waals surface area contributed by atoms with E-state index in [1.807, 2.05) is 0 Å². The van der Waals surface area contributed by atoms with Gasteiger partial charge in [0, 0.05) is 50.5 Å². The van der Waals surface area contributed by atoms with Crippen LogP contribution >= 0.6 is 0 Å². The molecule has 0 spiro atoms. The van der Waals surface area contributed by atoms with Gasteiger partial charge in [0.1, 0.15) is 5.58 Å². The lowest BCUT2D eigenvalue weighted by Gasteiger charge is -2.47. The van der Waals surface area contributed by atoms with Crippen molar-refractivity contribution >= 4 is 85.5 Å². The van der Waals surface area contributed by atoms with Crippen LogP contribution in [0.4, 0.5) is 51.2 Å². The summed E-state index contributed by atoms with van der Waals surface area (Å²) < 4.78 is 7.97. The number of furan rings is 1. The number of hydrogen-bond acceptors (Lipinski definition) is 4. The zero-order chi connectivity index (χ0) is 60.4. The first-order valence-corrected chi connectivity index (χ1v) is 32.4. The Balaban J connectivity index is 1.13. The van der Waals surface area contributed by atoms with Crippen LogP contribution in [-0.4, -0.2) is 6.71 Å². The molecule has 86 heavy (non-hydrogen) atoms. The maximum atomic E-state index is 7.97. The normalized spacial score (nSPS) is 19.8. The SMILES string of the molecule is CC(C)(C)c1ccc2c(c1)C(C)(C)c1cccc(N3c4cc5c(cc4B4c6oc7cc8c(cc7c6N(c6ccc7c(c6)C(C)(C)CCC7(C)C)c6cc(N(c7ccccc7)c7ccccc7)cc3c64)C(C)(C)CCC8(C)C)C(C)(C)CCC5(C)C)c1-2. The molecule has 4 aliphatic carbocycles. The van der Waals surface area contributed by atoms with Gasteiger partial charge in [-0.1, -0.05) is 197 Å². The Labute approximate surface area is 514 Å². The van der Waals surface area contributed by atoms with E-state index < -0.39 is 0 Å². The maximum Gasteiger partial charge on any atom is 0.297 e. The van der Waals surface area contributed by atoms with Crippen LogP contribution in [-0.2, 0) is 43.3 Å². The molecule has 2 aliphatic heterocycles. The molecule has 9 aromatic rings. The predicted octanol–water partition coefficient (Wildman–Crippen LogP) is 20.6. The third-order valence-electron chi connectivity index (χ3n) is 22.8. The minimum atomic E-state index is -0.235. The van der Waals surface area contributed by atoms with Crippen LogP contribution in [0.1, 0.15) is 206 Å². The van der Waals surface area contributed by atoms with E-state index in [4.69, 9.17) is 4.42 Å². The molecule has 0 N–H and O–H groups in total. The molecular weight excluding hydrogens is 1040 g/mol. The lowest BCUT2D eigenvalue weighted by molar-refractivity contribution is 0.332. The van der Waals surface area contributed by atoms with Crippen molar-refractivity contribution < 1.29 is 4.42 Å². The second kappa shape index (κ2) is 18.0. The number of rotatable bonds is 5. The predicted molar refractivity (Wildman–Crippen MR) is 367 cm³/mol. The van der Waals surface area contributed by atoms with E-state index in [-0.39, 0.29) is 50.0 Å². The monoisotopic (exact) mass is 1130 g/mol. The summed E-state index contributed by atoms with van der Waals surface area (Å²) in [5.41, 5.74) is 30.3. The van der Waals surface area contributed by atoms with Crippen molar-refractivity contribution in [3.63, 3.8) is 0 Å². The lowest BCUT2D eigenvalue weighted by atomic mass is 9.35. The Morgan fingerprint density at radius 3 is 1.52 bits per heavy atom. The minimum absolute atomic E-state index is 0.000890. The van der Waals surface area contributed by atoms with E-state index in [0.717, 1.165) is 66.8 Å². The van der Waals surface area contributed by atoms with Gasteiger partial charge < -0.3 is 19.1 Å². The average molecular weight is 1130 g/mol. The smallest absolute Gasteiger partial charge is 0.297 e. The van der Waals surface area contributed by atoms with Gasteiger partial charge in [-0.2, -0.15) is 0 Å². The second-order valence-electron chi connectivity index (χ2n) is 32.5. The Kier molecular flexibility index (Phi) is 11.6. The van der Waals surface area contributed by atoms with E-state index in [2.05, 4.69) is 284 Å². The first-order valence-electron chi connectivity index (χ1n) is 32.4. The largest absolute Gasteiger partial charge is 0.468 e. The fourth-order valence-corrected chi connectivity index (χ4v) is 17.0. The highest BCUT2D eigenvalue weighted by atomic mass is 16.3. The molecule has 4 nitrogen and oxygen atoms in total.